The monoisotopic (exact) mass is 150 g/mol. The standard InChI is InChI=1S/C9H14N2/c1-7(2)9-5-3-4-8(10)6-11-9/h3,5-7H,4,10H2,1-2H3. The van der Waals surface area contributed by atoms with Crippen LogP contribution in [0.1, 0.15) is 20.3 Å². The van der Waals surface area contributed by atoms with Gasteiger partial charge in [0.25, 0.3) is 0 Å². The van der Waals surface area contributed by atoms with Gasteiger partial charge in [0.1, 0.15) is 0 Å². The molecule has 0 aromatic heterocycles. The fourth-order valence-corrected chi connectivity index (χ4v) is 0.910. The van der Waals surface area contributed by atoms with Crippen molar-refractivity contribution in [2.75, 3.05) is 0 Å². The summed E-state index contributed by atoms with van der Waals surface area (Å²) in [4.78, 5) is 4.25. The highest BCUT2D eigenvalue weighted by atomic mass is 14.7. The summed E-state index contributed by atoms with van der Waals surface area (Å²) in [5, 5.41) is 0. The Balaban J connectivity index is 2.81. The minimum atomic E-state index is 0.480. The second kappa shape index (κ2) is 3.37. The van der Waals surface area contributed by atoms with Crippen molar-refractivity contribution in [2.45, 2.75) is 20.3 Å². The Morgan fingerprint density at radius 1 is 1.55 bits per heavy atom. The Morgan fingerprint density at radius 2 is 2.27 bits per heavy atom. The summed E-state index contributed by atoms with van der Waals surface area (Å²) in [7, 11) is 0. The zero-order valence-electron chi connectivity index (χ0n) is 7.04. The van der Waals surface area contributed by atoms with Crippen LogP contribution in [0, 0.1) is 5.92 Å². The molecule has 1 heterocycles. The predicted molar refractivity (Wildman–Crippen MR) is 48.3 cm³/mol. The molecule has 11 heavy (non-hydrogen) atoms. The lowest BCUT2D eigenvalue weighted by atomic mass is 10.1. The molecular weight excluding hydrogens is 136 g/mol. The molecule has 2 nitrogen and oxygen atoms in total. The van der Waals surface area contributed by atoms with Gasteiger partial charge in [0.05, 0.1) is 0 Å². The van der Waals surface area contributed by atoms with E-state index in [0.29, 0.717) is 5.92 Å². The van der Waals surface area contributed by atoms with Crippen LogP contribution in [0.2, 0.25) is 0 Å². The zero-order valence-corrected chi connectivity index (χ0v) is 7.04. The molecule has 1 aliphatic rings. The van der Waals surface area contributed by atoms with Crippen LogP contribution >= 0.6 is 0 Å². The summed E-state index contributed by atoms with van der Waals surface area (Å²) in [6, 6.07) is 0. The fraction of sp³-hybridized carbons (Fsp3) is 0.444. The molecule has 2 N–H and O–H groups in total. The predicted octanol–water partition coefficient (Wildman–Crippen LogP) is 1.84. The van der Waals surface area contributed by atoms with Gasteiger partial charge in [0.2, 0.25) is 0 Å². The molecule has 0 aliphatic carbocycles. The Hall–Kier alpha value is -1.05. The highest BCUT2D eigenvalue weighted by Crippen LogP contribution is 2.06. The summed E-state index contributed by atoms with van der Waals surface area (Å²) >= 11 is 0. The van der Waals surface area contributed by atoms with Crippen LogP contribution in [-0.2, 0) is 0 Å². The zero-order chi connectivity index (χ0) is 8.27. The third kappa shape index (κ3) is 2.22. The van der Waals surface area contributed by atoms with E-state index in [0.717, 1.165) is 17.8 Å². The first-order chi connectivity index (χ1) is 5.20. The van der Waals surface area contributed by atoms with Crippen LogP contribution in [-0.4, -0.2) is 5.71 Å². The maximum absolute atomic E-state index is 5.60. The van der Waals surface area contributed by atoms with Crippen molar-refractivity contribution in [3.63, 3.8) is 0 Å². The molecule has 0 atom stereocenters. The molecule has 0 amide bonds. The third-order valence-corrected chi connectivity index (χ3v) is 1.61. The van der Waals surface area contributed by atoms with E-state index >= 15 is 0 Å². The summed E-state index contributed by atoms with van der Waals surface area (Å²) in [5.41, 5.74) is 7.53. The first-order valence-electron chi connectivity index (χ1n) is 3.89. The quantitative estimate of drug-likeness (QED) is 0.608. The van der Waals surface area contributed by atoms with E-state index in [-0.39, 0.29) is 0 Å². The number of allylic oxidation sites excluding steroid dienone is 2. The average Bonchev–Trinajstić information content (AvgIpc) is 2.13. The molecule has 0 spiro atoms. The van der Waals surface area contributed by atoms with Gasteiger partial charge < -0.3 is 5.73 Å². The van der Waals surface area contributed by atoms with Crippen LogP contribution in [0.25, 0.3) is 0 Å². The van der Waals surface area contributed by atoms with Crippen molar-refractivity contribution in [2.24, 2.45) is 16.6 Å². The third-order valence-electron chi connectivity index (χ3n) is 1.61. The first-order valence-corrected chi connectivity index (χ1v) is 3.89. The van der Waals surface area contributed by atoms with Gasteiger partial charge in [-0.15, -0.1) is 0 Å². The normalized spacial score (nSPS) is 17.7. The van der Waals surface area contributed by atoms with Gasteiger partial charge in [-0.3, -0.25) is 4.99 Å². The Labute approximate surface area is 67.5 Å². The molecule has 0 aromatic carbocycles. The van der Waals surface area contributed by atoms with Crippen LogP contribution < -0.4 is 5.73 Å². The minimum Gasteiger partial charge on any atom is -0.401 e. The Bertz CT molecular complexity index is 222. The van der Waals surface area contributed by atoms with E-state index in [1.165, 1.54) is 0 Å². The Morgan fingerprint density at radius 3 is 2.91 bits per heavy atom. The molecule has 0 fully saturated rings. The van der Waals surface area contributed by atoms with Gasteiger partial charge in [-0.05, 0) is 12.0 Å². The lowest BCUT2D eigenvalue weighted by Gasteiger charge is -2.00. The highest BCUT2D eigenvalue weighted by molar-refractivity contribution is 5.97. The van der Waals surface area contributed by atoms with E-state index in [1.54, 1.807) is 6.20 Å². The molecule has 0 saturated carbocycles. The summed E-state index contributed by atoms with van der Waals surface area (Å²) in [6.45, 7) is 4.25. The maximum Gasteiger partial charge on any atom is 0.0462 e. The van der Waals surface area contributed by atoms with Crippen LogP contribution in [0.3, 0.4) is 0 Å². The lowest BCUT2D eigenvalue weighted by molar-refractivity contribution is 0.889. The van der Waals surface area contributed by atoms with Crippen molar-refractivity contribution >= 4 is 5.71 Å². The van der Waals surface area contributed by atoms with Gasteiger partial charge in [-0.2, -0.15) is 0 Å². The van der Waals surface area contributed by atoms with Gasteiger partial charge in [0.15, 0.2) is 0 Å². The molecule has 0 bridgehead atoms. The molecular formula is C9H14N2. The second-order valence-corrected chi connectivity index (χ2v) is 3.02. The average molecular weight is 150 g/mol. The largest absolute Gasteiger partial charge is 0.401 e. The topological polar surface area (TPSA) is 38.4 Å². The van der Waals surface area contributed by atoms with Crippen LogP contribution in [0.5, 0.6) is 0 Å². The molecule has 0 unspecified atom stereocenters. The molecule has 1 aliphatic heterocycles. The minimum absolute atomic E-state index is 0.480. The molecule has 0 radical (unpaired) electrons. The van der Waals surface area contributed by atoms with E-state index < -0.39 is 0 Å². The number of hydrogen-bond donors (Lipinski definition) is 1. The molecule has 1 rings (SSSR count). The van der Waals surface area contributed by atoms with Gasteiger partial charge in [-0.1, -0.05) is 19.9 Å². The molecule has 2 heteroatoms. The van der Waals surface area contributed by atoms with Gasteiger partial charge >= 0.3 is 0 Å². The number of nitrogens with two attached hydrogens (primary N) is 1. The summed E-state index contributed by atoms with van der Waals surface area (Å²) < 4.78 is 0. The fourth-order valence-electron chi connectivity index (χ4n) is 0.910. The summed E-state index contributed by atoms with van der Waals surface area (Å²) in [6.07, 6.45) is 6.66. The van der Waals surface area contributed by atoms with E-state index in [9.17, 15) is 0 Å². The maximum atomic E-state index is 5.60. The number of hydrogen-bond acceptors (Lipinski definition) is 2. The van der Waals surface area contributed by atoms with Crippen LogP contribution in [0.15, 0.2) is 29.0 Å². The SMILES string of the molecule is CC(C)C1=NC=C(N)CC=C1. The molecule has 60 valence electrons. The van der Waals surface area contributed by atoms with E-state index in [2.05, 4.69) is 24.9 Å². The van der Waals surface area contributed by atoms with Crippen molar-refractivity contribution in [3.8, 4) is 0 Å². The lowest BCUT2D eigenvalue weighted by Crippen LogP contribution is -2.02. The van der Waals surface area contributed by atoms with E-state index in [4.69, 9.17) is 5.73 Å². The van der Waals surface area contributed by atoms with E-state index in [1.807, 2.05) is 6.08 Å². The van der Waals surface area contributed by atoms with Gasteiger partial charge in [0, 0.05) is 24.0 Å². The highest BCUT2D eigenvalue weighted by Gasteiger charge is 2.01. The summed E-state index contributed by atoms with van der Waals surface area (Å²) in [5.74, 6) is 0.480. The molecule has 0 saturated heterocycles. The second-order valence-electron chi connectivity index (χ2n) is 3.02. The smallest absolute Gasteiger partial charge is 0.0462 e. The number of rotatable bonds is 1. The Kier molecular flexibility index (Phi) is 2.47. The first kappa shape index (κ1) is 8.05. The number of aliphatic imine (C=N–C) groups is 1. The van der Waals surface area contributed by atoms with Crippen molar-refractivity contribution in [3.05, 3.63) is 24.0 Å². The van der Waals surface area contributed by atoms with Crippen molar-refractivity contribution < 1.29 is 0 Å². The van der Waals surface area contributed by atoms with Crippen molar-refractivity contribution in [1.29, 1.82) is 0 Å². The van der Waals surface area contributed by atoms with Crippen molar-refractivity contribution in [1.82, 2.24) is 0 Å². The molecule has 0 aromatic rings. The van der Waals surface area contributed by atoms with Gasteiger partial charge in [-0.25, -0.2) is 0 Å². The number of nitrogens with zero attached hydrogens (tertiary/aromatic N) is 1. The van der Waals surface area contributed by atoms with Crippen LogP contribution in [0.4, 0.5) is 0 Å².